The fourth-order valence-corrected chi connectivity index (χ4v) is 7.64. The first kappa shape index (κ1) is 33.2. The predicted octanol–water partition coefficient (Wildman–Crippen LogP) is 6.60. The van der Waals surface area contributed by atoms with Crippen LogP contribution in [0.15, 0.2) is 95.9 Å². The maximum atomic E-state index is 13.3. The zero-order chi connectivity index (χ0) is 32.9. The first-order chi connectivity index (χ1) is 22.7. The van der Waals surface area contributed by atoms with Gasteiger partial charge in [-0.25, -0.2) is 0 Å². The third kappa shape index (κ3) is 7.58. The van der Waals surface area contributed by atoms with Gasteiger partial charge in [0.2, 0.25) is 5.91 Å². The summed E-state index contributed by atoms with van der Waals surface area (Å²) in [7, 11) is 0. The molecule has 2 aromatic rings. The van der Waals surface area contributed by atoms with Crippen LogP contribution >= 0.6 is 0 Å². The minimum Gasteiger partial charge on any atom is -0.377 e. The largest absolute Gasteiger partial charge is 0.401 e. The minimum atomic E-state index is -4.43. The number of piperidine rings is 1. The molecule has 1 saturated heterocycles. The van der Waals surface area contributed by atoms with Crippen molar-refractivity contribution in [2.75, 3.05) is 26.2 Å². The number of fused-ring (bicyclic) bond motifs is 3. The average molecular weight is 647 g/mol. The van der Waals surface area contributed by atoms with Crippen molar-refractivity contribution in [1.29, 1.82) is 0 Å². The van der Waals surface area contributed by atoms with Crippen molar-refractivity contribution in [2.24, 2.45) is 0 Å². The summed E-state index contributed by atoms with van der Waals surface area (Å²) in [6.07, 6.45) is 12.2. The summed E-state index contributed by atoms with van der Waals surface area (Å²) in [5.74, 6) is 0.0100. The number of nitrogens with zero attached hydrogens (tertiary/aromatic N) is 1. The summed E-state index contributed by atoms with van der Waals surface area (Å²) >= 11 is 0. The highest BCUT2D eigenvalue weighted by Gasteiger charge is 2.48. The fourth-order valence-electron chi connectivity index (χ4n) is 7.64. The molecule has 1 amide bonds. The second kappa shape index (κ2) is 14.6. The number of aliphatic hydroxyl groups is 1. The van der Waals surface area contributed by atoms with Crippen LogP contribution < -0.4 is 16.0 Å². The molecule has 0 spiro atoms. The number of allylic oxidation sites excluding steroid dienone is 5. The molecule has 6 nitrogen and oxygen atoms in total. The van der Waals surface area contributed by atoms with E-state index in [1.54, 1.807) is 0 Å². The number of nitrogens with one attached hydrogen (secondary N) is 3. The summed E-state index contributed by atoms with van der Waals surface area (Å²) < 4.78 is 39.6. The van der Waals surface area contributed by atoms with Crippen molar-refractivity contribution >= 4 is 5.91 Å². The van der Waals surface area contributed by atoms with Crippen LogP contribution in [0, 0.1) is 0 Å². The lowest BCUT2D eigenvalue weighted by Crippen LogP contribution is -2.51. The van der Waals surface area contributed by atoms with Crippen molar-refractivity contribution in [2.45, 2.75) is 81.6 Å². The van der Waals surface area contributed by atoms with E-state index < -0.39 is 24.4 Å². The lowest BCUT2D eigenvalue weighted by atomic mass is 9.72. The number of halogens is 3. The highest BCUT2D eigenvalue weighted by atomic mass is 19.4. The zero-order valence-corrected chi connectivity index (χ0v) is 26.8. The molecule has 250 valence electrons. The van der Waals surface area contributed by atoms with Crippen LogP contribution in [0.4, 0.5) is 13.2 Å². The molecular weight excluding hydrogens is 601 g/mol. The smallest absolute Gasteiger partial charge is 0.377 e. The molecule has 4 aliphatic rings. The van der Waals surface area contributed by atoms with Crippen LogP contribution in [0.2, 0.25) is 0 Å². The van der Waals surface area contributed by atoms with E-state index in [1.807, 2.05) is 54.6 Å². The van der Waals surface area contributed by atoms with Crippen LogP contribution in [0.5, 0.6) is 0 Å². The Labute approximate surface area is 275 Å². The summed E-state index contributed by atoms with van der Waals surface area (Å²) in [6, 6.07) is 15.6. The number of amides is 1. The molecule has 1 heterocycles. The van der Waals surface area contributed by atoms with Crippen LogP contribution in [0.1, 0.15) is 68.9 Å². The van der Waals surface area contributed by atoms with Gasteiger partial charge in [0, 0.05) is 36.1 Å². The molecule has 1 aliphatic heterocycles. The van der Waals surface area contributed by atoms with Gasteiger partial charge in [0.1, 0.15) is 6.23 Å². The minimum absolute atomic E-state index is 0.0100. The third-order valence-electron chi connectivity index (χ3n) is 10.0. The number of alkyl halides is 3. The maximum Gasteiger partial charge on any atom is 0.401 e. The number of hydrogen-bond donors (Lipinski definition) is 4. The monoisotopic (exact) mass is 646 g/mol. The average Bonchev–Trinajstić information content (AvgIpc) is 3.37. The third-order valence-corrected chi connectivity index (χ3v) is 10.0. The lowest BCUT2D eigenvalue weighted by Gasteiger charge is -2.38. The molecule has 0 bridgehead atoms. The SMILES string of the molecule is O=C(NC1CCN(CCCCC2(C(O)NCC(F)(F)F)c3ccccc3-c3ccccc32)CC1)C1=C(NC2=CCCC=C2)C=CCC1. The number of aliphatic hydroxyl groups excluding tert-OH is 1. The topological polar surface area (TPSA) is 76.6 Å². The second-order valence-corrected chi connectivity index (χ2v) is 13.1. The summed E-state index contributed by atoms with van der Waals surface area (Å²) in [5, 5.41) is 20.6. The molecule has 0 saturated carbocycles. The Morgan fingerprint density at radius 2 is 1.62 bits per heavy atom. The van der Waals surface area contributed by atoms with E-state index in [-0.39, 0.29) is 11.9 Å². The molecule has 9 heteroatoms. The molecule has 1 unspecified atom stereocenters. The Morgan fingerprint density at radius 1 is 0.936 bits per heavy atom. The van der Waals surface area contributed by atoms with E-state index in [0.29, 0.717) is 6.42 Å². The Kier molecular flexibility index (Phi) is 10.3. The highest BCUT2D eigenvalue weighted by Crippen LogP contribution is 2.52. The normalized spacial score (nSPS) is 20.0. The number of carbonyl (C=O) groups is 1. The van der Waals surface area contributed by atoms with Crippen molar-refractivity contribution in [3.05, 3.63) is 107 Å². The van der Waals surface area contributed by atoms with Crippen molar-refractivity contribution in [3.8, 4) is 11.1 Å². The summed E-state index contributed by atoms with van der Waals surface area (Å²) in [4.78, 5) is 15.7. The Hall–Kier alpha value is -3.66. The van der Waals surface area contributed by atoms with E-state index in [2.05, 4.69) is 45.2 Å². The Bertz CT molecular complexity index is 1510. The van der Waals surface area contributed by atoms with E-state index >= 15 is 0 Å². The van der Waals surface area contributed by atoms with E-state index in [0.717, 1.165) is 110 Å². The van der Waals surface area contributed by atoms with Gasteiger partial charge in [-0.05, 0) is 92.3 Å². The van der Waals surface area contributed by atoms with E-state index in [4.69, 9.17) is 0 Å². The number of carbonyl (C=O) groups excluding carboxylic acids is 1. The van der Waals surface area contributed by atoms with Gasteiger partial charge < -0.3 is 20.6 Å². The lowest BCUT2D eigenvalue weighted by molar-refractivity contribution is -0.133. The number of hydrogen-bond acceptors (Lipinski definition) is 5. The van der Waals surface area contributed by atoms with Gasteiger partial charge in [-0.15, -0.1) is 0 Å². The maximum absolute atomic E-state index is 13.3. The fraction of sp³-hybridized carbons (Fsp3) is 0.447. The molecule has 3 aliphatic carbocycles. The van der Waals surface area contributed by atoms with E-state index in [1.165, 1.54) is 0 Å². The molecule has 2 aromatic carbocycles. The van der Waals surface area contributed by atoms with Crippen LogP contribution in [0.3, 0.4) is 0 Å². The molecule has 0 radical (unpaired) electrons. The van der Waals surface area contributed by atoms with Gasteiger partial charge in [-0.3, -0.25) is 10.1 Å². The standard InChI is InChI=1S/C38H45F3N4O2/c39-38(40,41)26-42-36(47)37(32-17-7-4-14-29(32)30-15-5-8-18-33(30)37)22-10-11-23-45-24-20-28(21-25-45)44-35(46)31-16-6-9-19-34(31)43-27-12-2-1-3-13-27/h2,4-5,7-9,12-15,17-19,28,36,42-43,47H,1,3,6,10-11,16,20-26H2,(H,44,46). The molecule has 1 fully saturated rings. The van der Waals surface area contributed by atoms with E-state index in [9.17, 15) is 23.1 Å². The number of unbranched alkanes of at least 4 members (excludes halogenated alkanes) is 1. The van der Waals surface area contributed by atoms with Crippen molar-refractivity contribution < 1.29 is 23.1 Å². The van der Waals surface area contributed by atoms with Crippen LogP contribution in [0.25, 0.3) is 11.1 Å². The first-order valence-corrected chi connectivity index (χ1v) is 17.0. The number of likely N-dealkylation sites (tertiary alicyclic amines) is 1. The van der Waals surface area contributed by atoms with Gasteiger partial charge in [-0.2, -0.15) is 13.2 Å². The van der Waals surface area contributed by atoms with Gasteiger partial charge in [0.15, 0.2) is 0 Å². The predicted molar refractivity (Wildman–Crippen MR) is 179 cm³/mol. The highest BCUT2D eigenvalue weighted by molar-refractivity contribution is 5.95. The van der Waals surface area contributed by atoms with Gasteiger partial charge >= 0.3 is 6.18 Å². The van der Waals surface area contributed by atoms with Gasteiger partial charge in [0.25, 0.3) is 0 Å². The first-order valence-electron chi connectivity index (χ1n) is 17.0. The molecule has 6 rings (SSSR count). The molecule has 47 heavy (non-hydrogen) atoms. The second-order valence-electron chi connectivity index (χ2n) is 13.1. The van der Waals surface area contributed by atoms with Gasteiger partial charge in [-0.1, -0.05) is 73.2 Å². The van der Waals surface area contributed by atoms with Crippen LogP contribution in [-0.4, -0.2) is 60.5 Å². The van der Waals surface area contributed by atoms with Crippen molar-refractivity contribution in [1.82, 2.24) is 20.9 Å². The Morgan fingerprint density at radius 3 is 2.28 bits per heavy atom. The van der Waals surface area contributed by atoms with Crippen molar-refractivity contribution in [3.63, 3.8) is 0 Å². The van der Waals surface area contributed by atoms with Gasteiger partial charge in [0.05, 0.1) is 12.0 Å². The molecular formula is C38H45F3N4O2. The number of rotatable bonds is 12. The van der Waals surface area contributed by atoms with Crippen LogP contribution in [-0.2, 0) is 10.2 Å². The molecule has 0 aromatic heterocycles. The summed E-state index contributed by atoms with van der Waals surface area (Å²) in [5.41, 5.74) is 5.42. The quantitative estimate of drug-likeness (QED) is 0.155. The summed E-state index contributed by atoms with van der Waals surface area (Å²) in [6.45, 7) is 1.35. The number of benzene rings is 2. The zero-order valence-electron chi connectivity index (χ0n) is 26.8. The molecule has 4 N–H and O–H groups in total. The Balaban J connectivity index is 1.04. The molecule has 1 atom stereocenters.